The van der Waals surface area contributed by atoms with Crippen molar-refractivity contribution in [2.45, 2.75) is 32.2 Å². The lowest BCUT2D eigenvalue weighted by atomic mass is 9.57. The SMILES string of the molecule is Cc1cnc2ccc(-c3c(-c4ccc(F)cc4)nc(N)c4nc(C(=O)N[C@H]5CC(CNCCF)C6CC5C6)cn34)cn12. The lowest BCUT2D eigenvalue weighted by molar-refractivity contribution is 0.0162. The zero-order valence-electron chi connectivity index (χ0n) is 23.2. The maximum absolute atomic E-state index is 13.8. The summed E-state index contributed by atoms with van der Waals surface area (Å²) < 4.78 is 30.2. The van der Waals surface area contributed by atoms with Gasteiger partial charge in [-0.3, -0.25) is 9.20 Å². The molecule has 0 aliphatic heterocycles. The number of nitrogens with zero attached hydrogens (tertiary/aromatic N) is 5. The Balaban J connectivity index is 1.27. The van der Waals surface area contributed by atoms with Crippen LogP contribution in [0, 0.1) is 30.5 Å². The average molecular weight is 571 g/mol. The molecule has 3 fully saturated rings. The summed E-state index contributed by atoms with van der Waals surface area (Å²) in [6.07, 6.45) is 8.48. The van der Waals surface area contributed by atoms with E-state index in [-0.39, 0.29) is 36.0 Å². The molecule has 4 heterocycles. The summed E-state index contributed by atoms with van der Waals surface area (Å²) in [7, 11) is 0. The molecule has 3 aliphatic rings. The monoisotopic (exact) mass is 570 g/mol. The second kappa shape index (κ2) is 10.5. The molecular formula is C31H32F2N8O. The van der Waals surface area contributed by atoms with E-state index in [0.717, 1.165) is 42.7 Å². The fraction of sp³-hybridized carbons (Fsp3) is 0.355. The van der Waals surface area contributed by atoms with Crippen molar-refractivity contribution in [3.8, 4) is 22.5 Å². The highest BCUT2D eigenvalue weighted by Crippen LogP contribution is 2.49. The number of aromatic nitrogens is 5. The molecule has 2 atom stereocenters. The molecule has 42 heavy (non-hydrogen) atoms. The Labute approximate surface area is 241 Å². The van der Waals surface area contributed by atoms with Crippen LogP contribution in [0.25, 0.3) is 33.8 Å². The van der Waals surface area contributed by atoms with Gasteiger partial charge in [-0.25, -0.2) is 23.7 Å². The van der Waals surface area contributed by atoms with Crippen LogP contribution in [0.5, 0.6) is 0 Å². The Morgan fingerprint density at radius 2 is 1.81 bits per heavy atom. The summed E-state index contributed by atoms with van der Waals surface area (Å²) in [5.74, 6) is 1.05. The molecule has 216 valence electrons. The highest BCUT2D eigenvalue weighted by Gasteiger charge is 2.46. The highest BCUT2D eigenvalue weighted by molar-refractivity contribution is 5.94. The maximum atomic E-state index is 13.8. The van der Waals surface area contributed by atoms with Gasteiger partial charge in [-0.2, -0.15) is 0 Å². The molecule has 4 aromatic heterocycles. The quantitative estimate of drug-likeness (QED) is 0.238. The van der Waals surface area contributed by atoms with E-state index in [9.17, 15) is 13.6 Å². The second-order valence-corrected chi connectivity index (χ2v) is 11.5. The van der Waals surface area contributed by atoms with Gasteiger partial charge in [-0.15, -0.1) is 0 Å². The van der Waals surface area contributed by atoms with Crippen LogP contribution >= 0.6 is 0 Å². The number of benzene rings is 1. The summed E-state index contributed by atoms with van der Waals surface area (Å²) in [6.45, 7) is 2.71. The number of pyridine rings is 1. The van der Waals surface area contributed by atoms with Crippen molar-refractivity contribution in [1.82, 2.24) is 34.4 Å². The number of nitrogens with one attached hydrogen (secondary N) is 2. The van der Waals surface area contributed by atoms with Crippen LogP contribution in [-0.2, 0) is 0 Å². The van der Waals surface area contributed by atoms with Crippen LogP contribution in [0.15, 0.2) is 55.0 Å². The molecular weight excluding hydrogens is 538 g/mol. The zero-order chi connectivity index (χ0) is 29.0. The molecule has 0 spiro atoms. The summed E-state index contributed by atoms with van der Waals surface area (Å²) in [5, 5.41) is 6.43. The van der Waals surface area contributed by atoms with Gasteiger partial charge in [0, 0.05) is 48.0 Å². The number of halogens is 2. The van der Waals surface area contributed by atoms with Crippen molar-refractivity contribution >= 4 is 23.0 Å². The zero-order valence-corrected chi connectivity index (χ0v) is 23.2. The van der Waals surface area contributed by atoms with Gasteiger partial charge >= 0.3 is 0 Å². The van der Waals surface area contributed by atoms with E-state index in [2.05, 4.69) is 20.6 Å². The number of carbonyl (C=O) groups is 1. The highest BCUT2D eigenvalue weighted by atomic mass is 19.1. The number of aryl methyl sites for hydroxylation is 1. The smallest absolute Gasteiger partial charge is 0.271 e. The minimum Gasteiger partial charge on any atom is -0.381 e. The summed E-state index contributed by atoms with van der Waals surface area (Å²) in [6, 6.07) is 9.97. The predicted molar refractivity (Wildman–Crippen MR) is 156 cm³/mol. The minimum atomic E-state index is -0.382. The molecule has 1 aromatic carbocycles. The van der Waals surface area contributed by atoms with Crippen LogP contribution in [0.3, 0.4) is 0 Å². The summed E-state index contributed by atoms with van der Waals surface area (Å²) in [4.78, 5) is 27.3. The average Bonchev–Trinajstić information content (AvgIpc) is 3.57. The minimum absolute atomic E-state index is 0.0424. The first kappa shape index (κ1) is 26.5. The van der Waals surface area contributed by atoms with Gasteiger partial charge in [-0.05, 0) is 86.9 Å². The Kier molecular flexibility index (Phi) is 6.61. The van der Waals surface area contributed by atoms with Crippen molar-refractivity contribution in [2.75, 3.05) is 25.5 Å². The molecule has 3 aliphatic carbocycles. The standard InChI is InChI=1S/C31H32F2N8O/c1-17-13-36-26-7-4-19(15-40(17)26)28-27(18-2-5-23(33)6-3-18)39-29(34)30-37-25(16-41(28)30)31(42)38-24-12-22(14-35-9-8-32)20-10-21(24)11-20/h2-7,13,15-16,20-22,24,35H,8-12,14H2,1H3,(H2,34,39)(H,38,42)/t20?,21?,22?,24-/m0/s1. The van der Waals surface area contributed by atoms with Gasteiger partial charge in [0.25, 0.3) is 5.91 Å². The molecule has 8 rings (SSSR count). The van der Waals surface area contributed by atoms with E-state index in [0.29, 0.717) is 46.9 Å². The molecule has 1 amide bonds. The molecule has 3 saturated carbocycles. The molecule has 2 bridgehead atoms. The molecule has 9 nitrogen and oxygen atoms in total. The van der Waals surface area contributed by atoms with E-state index in [1.165, 1.54) is 12.1 Å². The number of nitrogen functional groups attached to an aromatic ring is 1. The lowest BCUT2D eigenvalue weighted by Crippen LogP contribution is -2.55. The first-order valence-electron chi connectivity index (χ1n) is 14.4. The summed E-state index contributed by atoms with van der Waals surface area (Å²) >= 11 is 0. The van der Waals surface area contributed by atoms with Gasteiger partial charge in [0.15, 0.2) is 11.5 Å². The number of imidazole rings is 2. The number of alkyl halides is 1. The maximum Gasteiger partial charge on any atom is 0.271 e. The largest absolute Gasteiger partial charge is 0.381 e. The number of hydrogen-bond donors (Lipinski definition) is 3. The molecule has 4 N–H and O–H groups in total. The third-order valence-corrected chi connectivity index (χ3v) is 8.94. The van der Waals surface area contributed by atoms with Crippen LogP contribution in [0.1, 0.15) is 35.4 Å². The van der Waals surface area contributed by atoms with E-state index < -0.39 is 0 Å². The fourth-order valence-electron chi connectivity index (χ4n) is 6.66. The van der Waals surface area contributed by atoms with Crippen molar-refractivity contribution in [1.29, 1.82) is 0 Å². The number of rotatable bonds is 8. The van der Waals surface area contributed by atoms with Crippen LogP contribution in [0.2, 0.25) is 0 Å². The van der Waals surface area contributed by atoms with Gasteiger partial charge in [0.1, 0.15) is 23.8 Å². The van der Waals surface area contributed by atoms with Gasteiger partial charge in [0.05, 0.1) is 11.4 Å². The summed E-state index contributed by atoms with van der Waals surface area (Å²) in [5.41, 5.74) is 11.5. The Morgan fingerprint density at radius 3 is 2.60 bits per heavy atom. The fourth-order valence-corrected chi connectivity index (χ4v) is 6.66. The van der Waals surface area contributed by atoms with E-state index in [1.54, 1.807) is 28.9 Å². The Morgan fingerprint density at radius 1 is 1.02 bits per heavy atom. The number of amides is 1. The van der Waals surface area contributed by atoms with Crippen molar-refractivity contribution in [3.63, 3.8) is 0 Å². The molecule has 5 aromatic rings. The van der Waals surface area contributed by atoms with Crippen molar-refractivity contribution < 1.29 is 13.6 Å². The van der Waals surface area contributed by atoms with Gasteiger partial charge in [0.2, 0.25) is 0 Å². The number of carbonyl (C=O) groups excluding carboxylic acids is 1. The molecule has 11 heteroatoms. The number of nitrogens with two attached hydrogens (primary N) is 1. The van der Waals surface area contributed by atoms with E-state index in [4.69, 9.17) is 10.7 Å². The van der Waals surface area contributed by atoms with Crippen LogP contribution < -0.4 is 16.4 Å². The van der Waals surface area contributed by atoms with E-state index in [1.807, 2.05) is 29.7 Å². The van der Waals surface area contributed by atoms with Crippen LogP contribution in [0.4, 0.5) is 14.6 Å². The second-order valence-electron chi connectivity index (χ2n) is 11.5. The number of fused-ring (bicyclic) bond motifs is 4. The number of anilines is 1. The molecule has 0 radical (unpaired) electrons. The predicted octanol–water partition coefficient (Wildman–Crippen LogP) is 4.44. The molecule has 0 saturated heterocycles. The topological polar surface area (TPSA) is 115 Å². The normalized spacial score (nSPS) is 21.5. The molecule has 1 unspecified atom stereocenters. The van der Waals surface area contributed by atoms with Crippen LogP contribution in [-0.4, -0.2) is 55.5 Å². The number of hydrogen-bond acceptors (Lipinski definition) is 6. The Hall–Kier alpha value is -4.38. The first-order valence-corrected chi connectivity index (χ1v) is 14.4. The van der Waals surface area contributed by atoms with Gasteiger partial charge < -0.3 is 20.8 Å². The third-order valence-electron chi connectivity index (χ3n) is 8.94. The van der Waals surface area contributed by atoms with Gasteiger partial charge in [-0.1, -0.05) is 0 Å². The van der Waals surface area contributed by atoms with Crippen molar-refractivity contribution in [2.24, 2.45) is 17.8 Å². The van der Waals surface area contributed by atoms with Crippen molar-refractivity contribution in [3.05, 3.63) is 72.2 Å². The first-order chi connectivity index (χ1) is 20.4. The Bertz CT molecular complexity index is 1790. The lowest BCUT2D eigenvalue weighted by Gasteiger charge is -2.51. The third kappa shape index (κ3) is 4.57. The van der Waals surface area contributed by atoms with E-state index >= 15 is 0 Å².